The number of carbonyl (C=O) groups is 2. The first kappa shape index (κ1) is 13.1. The second-order valence-corrected chi connectivity index (χ2v) is 5.41. The SMILES string of the molecule is O=C(CCC1CCOC1=O)Nc1cnc2n1CCCC2. The molecule has 6 nitrogen and oxygen atoms in total. The van der Waals surface area contributed by atoms with E-state index in [4.69, 9.17) is 4.74 Å². The average Bonchev–Trinajstić information content (AvgIpc) is 3.04. The van der Waals surface area contributed by atoms with Crippen molar-refractivity contribution in [2.75, 3.05) is 11.9 Å². The van der Waals surface area contributed by atoms with Crippen LogP contribution in [0.1, 0.15) is 37.9 Å². The molecule has 3 heterocycles. The molecule has 0 aromatic carbocycles. The van der Waals surface area contributed by atoms with Crippen molar-refractivity contribution < 1.29 is 14.3 Å². The summed E-state index contributed by atoms with van der Waals surface area (Å²) in [5.41, 5.74) is 0. The third-order valence-electron chi connectivity index (χ3n) is 4.00. The number of cyclic esters (lactones) is 1. The summed E-state index contributed by atoms with van der Waals surface area (Å²) in [6.07, 6.45) is 6.63. The smallest absolute Gasteiger partial charge is 0.309 e. The van der Waals surface area contributed by atoms with Crippen LogP contribution in [0.15, 0.2) is 6.20 Å². The first-order chi connectivity index (χ1) is 9.74. The summed E-state index contributed by atoms with van der Waals surface area (Å²) >= 11 is 0. The van der Waals surface area contributed by atoms with E-state index in [9.17, 15) is 9.59 Å². The van der Waals surface area contributed by atoms with E-state index in [2.05, 4.69) is 14.9 Å². The summed E-state index contributed by atoms with van der Waals surface area (Å²) in [5, 5.41) is 2.90. The number of anilines is 1. The number of ether oxygens (including phenoxy) is 1. The van der Waals surface area contributed by atoms with Crippen molar-refractivity contribution in [2.45, 2.75) is 45.1 Å². The second-order valence-electron chi connectivity index (χ2n) is 5.41. The number of nitrogens with zero attached hydrogens (tertiary/aromatic N) is 2. The molecule has 1 amide bonds. The minimum atomic E-state index is -0.167. The van der Waals surface area contributed by atoms with Gasteiger partial charge in [-0.05, 0) is 25.7 Å². The van der Waals surface area contributed by atoms with Crippen molar-refractivity contribution in [3.63, 3.8) is 0 Å². The maximum absolute atomic E-state index is 12.0. The van der Waals surface area contributed by atoms with Crippen LogP contribution in [-0.4, -0.2) is 28.0 Å². The van der Waals surface area contributed by atoms with Gasteiger partial charge in [0.15, 0.2) is 0 Å². The molecule has 0 spiro atoms. The Morgan fingerprint density at radius 2 is 2.40 bits per heavy atom. The van der Waals surface area contributed by atoms with Crippen LogP contribution in [0.5, 0.6) is 0 Å². The van der Waals surface area contributed by atoms with Gasteiger partial charge < -0.3 is 14.6 Å². The number of imidazole rings is 1. The number of hydrogen-bond acceptors (Lipinski definition) is 4. The number of nitrogens with one attached hydrogen (secondary N) is 1. The summed E-state index contributed by atoms with van der Waals surface area (Å²) in [6, 6.07) is 0. The number of rotatable bonds is 4. The van der Waals surface area contributed by atoms with Crippen LogP contribution in [0, 0.1) is 5.92 Å². The zero-order chi connectivity index (χ0) is 13.9. The molecule has 1 fully saturated rings. The minimum Gasteiger partial charge on any atom is -0.465 e. The monoisotopic (exact) mass is 277 g/mol. The van der Waals surface area contributed by atoms with Gasteiger partial charge in [0.2, 0.25) is 5.91 Å². The number of aryl methyl sites for hydroxylation is 1. The van der Waals surface area contributed by atoms with E-state index in [0.29, 0.717) is 19.4 Å². The largest absolute Gasteiger partial charge is 0.465 e. The summed E-state index contributed by atoms with van der Waals surface area (Å²) in [5.74, 6) is 1.49. The summed E-state index contributed by atoms with van der Waals surface area (Å²) in [7, 11) is 0. The van der Waals surface area contributed by atoms with Crippen molar-refractivity contribution in [2.24, 2.45) is 5.92 Å². The average molecular weight is 277 g/mol. The Labute approximate surface area is 117 Å². The van der Waals surface area contributed by atoms with E-state index < -0.39 is 0 Å². The molecule has 1 N–H and O–H groups in total. The van der Waals surface area contributed by atoms with Crippen molar-refractivity contribution >= 4 is 17.7 Å². The summed E-state index contributed by atoms with van der Waals surface area (Å²) < 4.78 is 6.97. The summed E-state index contributed by atoms with van der Waals surface area (Å²) in [4.78, 5) is 27.6. The van der Waals surface area contributed by atoms with Crippen LogP contribution in [0.2, 0.25) is 0 Å². The molecule has 1 unspecified atom stereocenters. The van der Waals surface area contributed by atoms with Gasteiger partial charge in [0.05, 0.1) is 18.7 Å². The highest BCUT2D eigenvalue weighted by Crippen LogP contribution is 2.22. The van der Waals surface area contributed by atoms with Gasteiger partial charge in [-0.2, -0.15) is 0 Å². The third kappa shape index (κ3) is 2.69. The lowest BCUT2D eigenvalue weighted by atomic mass is 10.0. The van der Waals surface area contributed by atoms with Gasteiger partial charge in [-0.25, -0.2) is 4.98 Å². The maximum Gasteiger partial charge on any atom is 0.309 e. The van der Waals surface area contributed by atoms with Gasteiger partial charge in [0.1, 0.15) is 11.6 Å². The molecular weight excluding hydrogens is 258 g/mol. The van der Waals surface area contributed by atoms with Crippen LogP contribution in [0.4, 0.5) is 5.82 Å². The molecule has 0 bridgehead atoms. The van der Waals surface area contributed by atoms with E-state index in [0.717, 1.165) is 43.9 Å². The molecular formula is C14H19N3O3. The molecule has 20 heavy (non-hydrogen) atoms. The molecule has 0 aliphatic carbocycles. The zero-order valence-corrected chi connectivity index (χ0v) is 11.4. The zero-order valence-electron chi connectivity index (χ0n) is 11.4. The highest BCUT2D eigenvalue weighted by atomic mass is 16.5. The molecule has 1 aromatic heterocycles. The predicted octanol–water partition coefficient (Wildman–Crippen LogP) is 1.50. The number of fused-ring (bicyclic) bond motifs is 1. The molecule has 1 saturated heterocycles. The van der Waals surface area contributed by atoms with Gasteiger partial charge in [0.25, 0.3) is 0 Å². The van der Waals surface area contributed by atoms with Gasteiger partial charge >= 0.3 is 5.97 Å². The molecule has 2 aliphatic heterocycles. The lowest BCUT2D eigenvalue weighted by molar-refractivity contribution is -0.141. The molecule has 108 valence electrons. The standard InChI is InChI=1S/C14H19N3O3/c18-13(5-4-10-6-8-20-14(10)19)16-12-9-15-11-3-1-2-7-17(11)12/h9-10H,1-8H2,(H,16,18). The third-order valence-corrected chi connectivity index (χ3v) is 4.00. The van der Waals surface area contributed by atoms with E-state index in [-0.39, 0.29) is 17.8 Å². The Balaban J connectivity index is 1.54. The number of amides is 1. The van der Waals surface area contributed by atoms with Gasteiger partial charge in [0, 0.05) is 19.4 Å². The Kier molecular flexibility index (Phi) is 3.71. The van der Waals surface area contributed by atoms with Crippen LogP contribution in [0.25, 0.3) is 0 Å². The highest BCUT2D eigenvalue weighted by Gasteiger charge is 2.26. The Morgan fingerprint density at radius 3 is 3.20 bits per heavy atom. The van der Waals surface area contributed by atoms with Crippen molar-refractivity contribution in [3.05, 3.63) is 12.0 Å². The molecule has 1 aromatic rings. The van der Waals surface area contributed by atoms with E-state index in [1.54, 1.807) is 6.20 Å². The van der Waals surface area contributed by atoms with E-state index in [1.807, 2.05) is 0 Å². The van der Waals surface area contributed by atoms with Crippen molar-refractivity contribution in [1.82, 2.24) is 9.55 Å². The molecule has 3 rings (SSSR count). The fourth-order valence-corrected chi connectivity index (χ4v) is 2.83. The summed E-state index contributed by atoms with van der Waals surface area (Å²) in [6.45, 7) is 1.40. The van der Waals surface area contributed by atoms with Crippen LogP contribution >= 0.6 is 0 Å². The molecule has 0 saturated carbocycles. The highest BCUT2D eigenvalue weighted by molar-refractivity contribution is 5.90. The fraction of sp³-hybridized carbons (Fsp3) is 0.643. The number of aromatic nitrogens is 2. The fourth-order valence-electron chi connectivity index (χ4n) is 2.83. The molecule has 6 heteroatoms. The van der Waals surface area contributed by atoms with Gasteiger partial charge in [-0.3, -0.25) is 9.59 Å². The first-order valence-corrected chi connectivity index (χ1v) is 7.25. The van der Waals surface area contributed by atoms with E-state index in [1.165, 1.54) is 0 Å². The first-order valence-electron chi connectivity index (χ1n) is 7.25. The second kappa shape index (κ2) is 5.64. The topological polar surface area (TPSA) is 73.2 Å². The van der Waals surface area contributed by atoms with Crippen molar-refractivity contribution in [1.29, 1.82) is 0 Å². The molecule has 0 radical (unpaired) electrons. The normalized spacial score (nSPS) is 21.4. The Morgan fingerprint density at radius 1 is 1.50 bits per heavy atom. The van der Waals surface area contributed by atoms with Crippen LogP contribution in [-0.2, 0) is 27.3 Å². The van der Waals surface area contributed by atoms with Crippen LogP contribution in [0.3, 0.4) is 0 Å². The Bertz CT molecular complexity index is 524. The Hall–Kier alpha value is -1.85. The number of hydrogen-bond donors (Lipinski definition) is 1. The van der Waals surface area contributed by atoms with Crippen LogP contribution < -0.4 is 5.32 Å². The molecule has 1 atom stereocenters. The predicted molar refractivity (Wildman–Crippen MR) is 72.1 cm³/mol. The quantitative estimate of drug-likeness (QED) is 0.846. The lowest BCUT2D eigenvalue weighted by Gasteiger charge is -2.16. The molecule has 2 aliphatic rings. The minimum absolute atomic E-state index is 0.0574. The number of carbonyl (C=O) groups excluding carboxylic acids is 2. The maximum atomic E-state index is 12.0. The van der Waals surface area contributed by atoms with E-state index >= 15 is 0 Å². The van der Waals surface area contributed by atoms with Gasteiger partial charge in [-0.15, -0.1) is 0 Å². The van der Waals surface area contributed by atoms with Gasteiger partial charge in [-0.1, -0.05) is 0 Å². The lowest BCUT2D eigenvalue weighted by Crippen LogP contribution is -2.19. The van der Waals surface area contributed by atoms with Crippen molar-refractivity contribution in [3.8, 4) is 0 Å². The number of esters is 1.